The zero-order valence-electron chi connectivity index (χ0n) is 12.4. The third-order valence-electron chi connectivity index (χ3n) is 3.33. The molecule has 0 heterocycles. The van der Waals surface area contributed by atoms with Crippen LogP contribution in [-0.4, -0.2) is 11.9 Å². The van der Waals surface area contributed by atoms with E-state index < -0.39 is 0 Å². The van der Waals surface area contributed by atoms with Gasteiger partial charge in [-0.3, -0.25) is 4.79 Å². The highest BCUT2D eigenvalue weighted by molar-refractivity contribution is 5.76. The fraction of sp³-hybridized carbons (Fsp3) is 0.562. The average Bonchev–Trinajstić information content (AvgIpc) is 2.34. The van der Waals surface area contributed by atoms with Crippen molar-refractivity contribution in [3.8, 4) is 0 Å². The summed E-state index contributed by atoms with van der Waals surface area (Å²) in [6.07, 6.45) is 1.22. The molecule has 1 aromatic carbocycles. The van der Waals surface area contributed by atoms with Crippen molar-refractivity contribution in [2.45, 2.75) is 52.6 Å². The quantitative estimate of drug-likeness (QED) is 0.828. The summed E-state index contributed by atoms with van der Waals surface area (Å²) in [5.74, 6) is 0.444. The Kier molecular flexibility index (Phi) is 6.03. The largest absolute Gasteiger partial charge is 0.349 e. The molecule has 106 valence electrons. The van der Waals surface area contributed by atoms with Crippen molar-refractivity contribution in [2.75, 3.05) is 0 Å². The molecule has 0 saturated heterocycles. The maximum atomic E-state index is 12.0. The van der Waals surface area contributed by atoms with Crippen molar-refractivity contribution >= 4 is 5.91 Å². The standard InChI is InChI=1S/C16H26N2O/c1-11(2)16(14-8-6-5-7-12(14)3)18-15(19)10-9-13(4)17/h5-8,11,13,16H,9-10,17H2,1-4H3,(H,18,19). The third-order valence-corrected chi connectivity index (χ3v) is 3.33. The van der Waals surface area contributed by atoms with Gasteiger partial charge in [0.05, 0.1) is 6.04 Å². The van der Waals surface area contributed by atoms with E-state index in [4.69, 9.17) is 5.73 Å². The van der Waals surface area contributed by atoms with Gasteiger partial charge in [-0.15, -0.1) is 0 Å². The monoisotopic (exact) mass is 262 g/mol. The Hall–Kier alpha value is -1.35. The first-order chi connectivity index (χ1) is 8.91. The van der Waals surface area contributed by atoms with Crippen LogP contribution in [0.2, 0.25) is 0 Å². The molecule has 2 unspecified atom stereocenters. The topological polar surface area (TPSA) is 55.1 Å². The predicted molar refractivity (Wildman–Crippen MR) is 79.8 cm³/mol. The van der Waals surface area contributed by atoms with Gasteiger partial charge in [0.25, 0.3) is 0 Å². The van der Waals surface area contributed by atoms with Gasteiger partial charge in [0.1, 0.15) is 0 Å². The molecular weight excluding hydrogens is 236 g/mol. The molecule has 3 nitrogen and oxygen atoms in total. The maximum absolute atomic E-state index is 12.0. The van der Waals surface area contributed by atoms with E-state index in [1.807, 2.05) is 19.1 Å². The summed E-state index contributed by atoms with van der Waals surface area (Å²) in [5, 5.41) is 3.13. The van der Waals surface area contributed by atoms with E-state index in [2.05, 4.69) is 38.2 Å². The number of aryl methyl sites for hydroxylation is 1. The number of carbonyl (C=O) groups is 1. The molecular formula is C16H26N2O. The first-order valence-corrected chi connectivity index (χ1v) is 7.02. The van der Waals surface area contributed by atoms with E-state index in [0.717, 1.165) is 6.42 Å². The fourth-order valence-electron chi connectivity index (χ4n) is 2.14. The second-order valence-corrected chi connectivity index (χ2v) is 5.66. The number of hydrogen-bond acceptors (Lipinski definition) is 2. The minimum Gasteiger partial charge on any atom is -0.349 e. The van der Waals surface area contributed by atoms with Crippen molar-refractivity contribution < 1.29 is 4.79 Å². The Morgan fingerprint density at radius 1 is 1.26 bits per heavy atom. The molecule has 0 aliphatic carbocycles. The average molecular weight is 262 g/mol. The van der Waals surface area contributed by atoms with E-state index in [9.17, 15) is 4.79 Å². The van der Waals surface area contributed by atoms with Gasteiger partial charge in [0.2, 0.25) is 5.91 Å². The minimum atomic E-state index is 0.0710. The van der Waals surface area contributed by atoms with Crippen molar-refractivity contribution in [3.63, 3.8) is 0 Å². The Balaban J connectivity index is 2.74. The van der Waals surface area contributed by atoms with E-state index in [0.29, 0.717) is 12.3 Å². The summed E-state index contributed by atoms with van der Waals surface area (Å²) in [7, 11) is 0. The number of nitrogens with two attached hydrogens (primary N) is 1. The number of amides is 1. The number of hydrogen-bond donors (Lipinski definition) is 2. The van der Waals surface area contributed by atoms with Gasteiger partial charge in [0, 0.05) is 12.5 Å². The second kappa shape index (κ2) is 7.29. The molecule has 1 rings (SSSR count). The van der Waals surface area contributed by atoms with Gasteiger partial charge < -0.3 is 11.1 Å². The lowest BCUT2D eigenvalue weighted by Crippen LogP contribution is -2.33. The van der Waals surface area contributed by atoms with E-state index in [-0.39, 0.29) is 18.0 Å². The van der Waals surface area contributed by atoms with E-state index in [1.165, 1.54) is 11.1 Å². The lowest BCUT2D eigenvalue weighted by Gasteiger charge is -2.24. The summed E-state index contributed by atoms with van der Waals surface area (Å²) >= 11 is 0. The zero-order chi connectivity index (χ0) is 14.4. The molecule has 1 aromatic rings. The number of nitrogens with one attached hydrogen (secondary N) is 1. The molecule has 0 radical (unpaired) electrons. The second-order valence-electron chi connectivity index (χ2n) is 5.66. The van der Waals surface area contributed by atoms with Crippen LogP contribution in [0.25, 0.3) is 0 Å². The molecule has 2 atom stereocenters. The van der Waals surface area contributed by atoms with Crippen LogP contribution < -0.4 is 11.1 Å². The van der Waals surface area contributed by atoms with Crippen LogP contribution in [0.4, 0.5) is 0 Å². The third kappa shape index (κ3) is 5.03. The van der Waals surface area contributed by atoms with Crippen molar-refractivity contribution in [1.82, 2.24) is 5.32 Å². The molecule has 3 N–H and O–H groups in total. The summed E-state index contributed by atoms with van der Waals surface area (Å²) in [6, 6.07) is 8.36. The SMILES string of the molecule is Cc1ccccc1C(NC(=O)CCC(C)N)C(C)C. The van der Waals surface area contributed by atoms with Crippen LogP contribution >= 0.6 is 0 Å². The summed E-state index contributed by atoms with van der Waals surface area (Å²) in [5.41, 5.74) is 8.10. The van der Waals surface area contributed by atoms with Crippen molar-refractivity contribution in [2.24, 2.45) is 11.7 Å². The molecule has 0 aliphatic heterocycles. The van der Waals surface area contributed by atoms with Crippen molar-refractivity contribution in [1.29, 1.82) is 0 Å². The van der Waals surface area contributed by atoms with Gasteiger partial charge in [-0.05, 0) is 37.3 Å². The summed E-state index contributed by atoms with van der Waals surface area (Å²) < 4.78 is 0. The molecule has 1 amide bonds. The van der Waals surface area contributed by atoms with Crippen LogP contribution in [0, 0.1) is 12.8 Å². The van der Waals surface area contributed by atoms with Crippen LogP contribution in [0.15, 0.2) is 24.3 Å². The normalized spacial score (nSPS) is 14.2. The number of benzene rings is 1. The molecule has 0 saturated carbocycles. The minimum absolute atomic E-state index is 0.0710. The molecule has 19 heavy (non-hydrogen) atoms. The Morgan fingerprint density at radius 3 is 2.42 bits per heavy atom. The highest BCUT2D eigenvalue weighted by atomic mass is 16.1. The van der Waals surface area contributed by atoms with Crippen LogP contribution in [0.3, 0.4) is 0 Å². The molecule has 0 aromatic heterocycles. The van der Waals surface area contributed by atoms with Gasteiger partial charge in [0.15, 0.2) is 0 Å². The predicted octanol–water partition coefficient (Wildman–Crippen LogP) is 2.94. The molecule has 3 heteroatoms. The van der Waals surface area contributed by atoms with Crippen LogP contribution in [-0.2, 0) is 4.79 Å². The smallest absolute Gasteiger partial charge is 0.220 e. The van der Waals surface area contributed by atoms with E-state index in [1.54, 1.807) is 0 Å². The number of rotatable bonds is 6. The zero-order valence-corrected chi connectivity index (χ0v) is 12.4. The van der Waals surface area contributed by atoms with Gasteiger partial charge in [-0.25, -0.2) is 0 Å². The number of carbonyl (C=O) groups excluding carboxylic acids is 1. The molecule has 0 spiro atoms. The summed E-state index contributed by atoms with van der Waals surface area (Å²) in [4.78, 5) is 12.0. The molecule has 0 bridgehead atoms. The lowest BCUT2D eigenvalue weighted by molar-refractivity contribution is -0.122. The lowest BCUT2D eigenvalue weighted by atomic mass is 9.92. The van der Waals surface area contributed by atoms with Gasteiger partial charge >= 0.3 is 0 Å². The highest BCUT2D eigenvalue weighted by Gasteiger charge is 2.19. The molecule has 0 fully saturated rings. The summed E-state index contributed by atoms with van der Waals surface area (Å²) in [6.45, 7) is 8.26. The highest BCUT2D eigenvalue weighted by Crippen LogP contribution is 2.24. The van der Waals surface area contributed by atoms with Gasteiger partial charge in [-0.1, -0.05) is 38.1 Å². The Morgan fingerprint density at radius 2 is 1.89 bits per heavy atom. The maximum Gasteiger partial charge on any atom is 0.220 e. The first kappa shape index (κ1) is 15.7. The van der Waals surface area contributed by atoms with Crippen molar-refractivity contribution in [3.05, 3.63) is 35.4 Å². The first-order valence-electron chi connectivity index (χ1n) is 7.02. The Bertz CT molecular complexity index is 413. The molecule has 0 aliphatic rings. The van der Waals surface area contributed by atoms with E-state index >= 15 is 0 Å². The van der Waals surface area contributed by atoms with Crippen LogP contribution in [0.5, 0.6) is 0 Å². The fourth-order valence-corrected chi connectivity index (χ4v) is 2.14. The van der Waals surface area contributed by atoms with Gasteiger partial charge in [-0.2, -0.15) is 0 Å². The Labute approximate surface area is 116 Å². The van der Waals surface area contributed by atoms with Crippen LogP contribution in [0.1, 0.15) is 50.8 Å².